The number of anilines is 1. The summed E-state index contributed by atoms with van der Waals surface area (Å²) >= 11 is 4.45. The van der Waals surface area contributed by atoms with Gasteiger partial charge in [-0.2, -0.15) is 0 Å². The third kappa shape index (κ3) is 5.19. The zero-order valence-corrected chi connectivity index (χ0v) is 20.2. The molecule has 0 aliphatic carbocycles. The van der Waals surface area contributed by atoms with Crippen molar-refractivity contribution >= 4 is 71.1 Å². The lowest BCUT2D eigenvalue weighted by Gasteiger charge is -2.49. The molecule has 0 saturated carbocycles. The number of fused-ring (bicyclic) bond motifs is 1. The summed E-state index contributed by atoms with van der Waals surface area (Å²) in [5, 5.41) is 11.7. The van der Waals surface area contributed by atoms with E-state index in [0.29, 0.717) is 17.5 Å². The van der Waals surface area contributed by atoms with Gasteiger partial charge in [-0.3, -0.25) is 14.5 Å². The second-order valence-corrected chi connectivity index (χ2v) is 9.99. The van der Waals surface area contributed by atoms with Crippen LogP contribution in [0.4, 0.5) is 5.95 Å². The number of nitrogens with one attached hydrogen (secondary N) is 2. The standard InChI is InChI=1S/C17H18N6O5S3.ClH/c1-8-21-22-17(31-8)30-6-10-5-29-14-11(20-16-18-3-4-19-16)13(25)23(14)12(10)15(26)28-7-27-9(2)24;/h3-4,11,14H,5-7H2,1-2H3,(H2,18,19,20);1H/t11?,14-;/m1./s1. The summed E-state index contributed by atoms with van der Waals surface area (Å²) in [6.45, 7) is 2.57. The first-order chi connectivity index (χ1) is 14.9. The van der Waals surface area contributed by atoms with E-state index in [4.69, 9.17) is 9.47 Å². The molecule has 0 bridgehead atoms. The second kappa shape index (κ2) is 10.6. The number of hydrogen-bond donors (Lipinski definition) is 2. The van der Waals surface area contributed by atoms with Crippen molar-refractivity contribution in [3.63, 3.8) is 0 Å². The molecular formula is C17H19ClN6O5S3. The molecule has 32 heavy (non-hydrogen) atoms. The summed E-state index contributed by atoms with van der Waals surface area (Å²) in [5.74, 6) is -0.0683. The van der Waals surface area contributed by atoms with Crippen LogP contribution in [-0.4, -0.2) is 72.6 Å². The number of amides is 1. The van der Waals surface area contributed by atoms with Gasteiger partial charge in [-0.05, 0) is 12.5 Å². The maximum absolute atomic E-state index is 12.9. The Bertz CT molecular complexity index is 1030. The molecule has 0 radical (unpaired) electrons. The summed E-state index contributed by atoms with van der Waals surface area (Å²) < 4.78 is 10.6. The molecule has 2 aliphatic heterocycles. The van der Waals surface area contributed by atoms with Crippen molar-refractivity contribution in [2.45, 2.75) is 29.6 Å². The number of carbonyl (C=O) groups excluding carboxylic acids is 3. The van der Waals surface area contributed by atoms with E-state index < -0.39 is 24.8 Å². The highest BCUT2D eigenvalue weighted by atomic mass is 35.5. The molecular weight excluding hydrogens is 500 g/mol. The number of rotatable bonds is 8. The highest BCUT2D eigenvalue weighted by molar-refractivity contribution is 8.01. The topological polar surface area (TPSA) is 139 Å². The number of ether oxygens (including phenoxy) is 2. The average Bonchev–Trinajstić information content (AvgIpc) is 3.40. The monoisotopic (exact) mass is 518 g/mol. The molecule has 2 atom stereocenters. The van der Waals surface area contributed by atoms with Crippen LogP contribution in [-0.2, 0) is 23.9 Å². The molecule has 1 amide bonds. The van der Waals surface area contributed by atoms with E-state index in [1.807, 2.05) is 6.92 Å². The largest absolute Gasteiger partial charge is 0.428 e. The Morgan fingerprint density at radius 1 is 1.38 bits per heavy atom. The molecule has 2 aromatic rings. The number of hydrogen-bond acceptors (Lipinski definition) is 12. The number of aryl methyl sites for hydroxylation is 1. The SMILES string of the molecule is CC(=O)OCOC(=O)C1=C(CSc2nnc(C)s2)CS[C@@H]2C(Nc3ncc[nH]3)C(=O)N12.Cl. The number of nitrogens with zero attached hydrogens (tertiary/aromatic N) is 4. The normalized spacial score (nSPS) is 19.6. The predicted octanol–water partition coefficient (Wildman–Crippen LogP) is 1.80. The molecule has 4 heterocycles. The molecule has 2 aliphatic rings. The Hall–Kier alpha value is -2.29. The first kappa shape index (κ1) is 24.4. The van der Waals surface area contributed by atoms with Gasteiger partial charge in [-0.25, -0.2) is 9.78 Å². The lowest BCUT2D eigenvalue weighted by molar-refractivity contribution is -0.166. The summed E-state index contributed by atoms with van der Waals surface area (Å²) in [6, 6.07) is -0.521. The Kier molecular flexibility index (Phi) is 8.03. The summed E-state index contributed by atoms with van der Waals surface area (Å²) in [7, 11) is 0. The van der Waals surface area contributed by atoms with Crippen molar-refractivity contribution in [2.75, 3.05) is 23.6 Å². The van der Waals surface area contributed by atoms with Gasteiger partial charge in [0.05, 0.1) is 0 Å². The van der Waals surface area contributed by atoms with Crippen molar-refractivity contribution in [3.8, 4) is 0 Å². The molecule has 0 spiro atoms. The van der Waals surface area contributed by atoms with Crippen LogP contribution >= 0.6 is 47.3 Å². The molecule has 1 fully saturated rings. The van der Waals surface area contributed by atoms with E-state index in [1.54, 1.807) is 24.2 Å². The summed E-state index contributed by atoms with van der Waals surface area (Å²) in [6.07, 6.45) is 3.24. The third-order valence-electron chi connectivity index (χ3n) is 4.36. The molecule has 11 nitrogen and oxygen atoms in total. The van der Waals surface area contributed by atoms with Gasteiger partial charge in [-0.1, -0.05) is 23.1 Å². The zero-order chi connectivity index (χ0) is 22.0. The van der Waals surface area contributed by atoms with Crippen molar-refractivity contribution in [1.82, 2.24) is 25.1 Å². The molecule has 4 rings (SSSR count). The average molecular weight is 519 g/mol. The fourth-order valence-corrected chi connectivity index (χ4v) is 6.29. The second-order valence-electron chi connectivity index (χ2n) is 6.48. The summed E-state index contributed by atoms with van der Waals surface area (Å²) in [4.78, 5) is 45.1. The fraction of sp³-hybridized carbons (Fsp3) is 0.412. The van der Waals surface area contributed by atoms with Crippen molar-refractivity contribution < 1.29 is 23.9 Å². The van der Waals surface area contributed by atoms with Crippen LogP contribution in [0.5, 0.6) is 0 Å². The molecule has 1 saturated heterocycles. The molecule has 2 aromatic heterocycles. The Morgan fingerprint density at radius 2 is 2.19 bits per heavy atom. The van der Waals surface area contributed by atoms with Gasteiger partial charge >= 0.3 is 11.9 Å². The van der Waals surface area contributed by atoms with Crippen LogP contribution in [0.15, 0.2) is 28.0 Å². The van der Waals surface area contributed by atoms with Crippen molar-refractivity contribution in [2.24, 2.45) is 0 Å². The third-order valence-corrected chi connectivity index (χ3v) is 7.76. The van der Waals surface area contributed by atoms with E-state index in [0.717, 1.165) is 14.9 Å². The molecule has 0 aromatic carbocycles. The number of aromatic nitrogens is 4. The number of thioether (sulfide) groups is 2. The van der Waals surface area contributed by atoms with E-state index in [1.165, 1.54) is 34.9 Å². The lowest BCUT2D eigenvalue weighted by Crippen LogP contribution is -2.67. The number of carbonyl (C=O) groups is 3. The summed E-state index contributed by atoms with van der Waals surface area (Å²) in [5.41, 5.74) is 0.934. The number of imidazole rings is 1. The first-order valence-electron chi connectivity index (χ1n) is 9.10. The van der Waals surface area contributed by atoms with E-state index in [-0.39, 0.29) is 29.4 Å². The first-order valence-corrected chi connectivity index (χ1v) is 11.9. The van der Waals surface area contributed by atoms with Crippen LogP contribution in [0, 0.1) is 6.92 Å². The molecule has 2 N–H and O–H groups in total. The highest BCUT2D eigenvalue weighted by Gasteiger charge is 2.54. The van der Waals surface area contributed by atoms with Crippen molar-refractivity contribution in [3.05, 3.63) is 28.7 Å². The smallest absolute Gasteiger partial charge is 0.357 e. The zero-order valence-electron chi connectivity index (χ0n) is 16.9. The maximum atomic E-state index is 12.9. The van der Waals surface area contributed by atoms with Crippen LogP contribution in [0.25, 0.3) is 0 Å². The van der Waals surface area contributed by atoms with Gasteiger partial charge in [0.15, 0.2) is 4.34 Å². The number of esters is 2. The van der Waals surface area contributed by atoms with Crippen LogP contribution in [0.3, 0.4) is 0 Å². The van der Waals surface area contributed by atoms with E-state index >= 15 is 0 Å². The Labute approximate surface area is 201 Å². The minimum atomic E-state index is -0.708. The minimum absolute atomic E-state index is 0. The molecule has 15 heteroatoms. The van der Waals surface area contributed by atoms with E-state index in [9.17, 15) is 14.4 Å². The van der Waals surface area contributed by atoms with Gasteiger partial charge in [0.2, 0.25) is 12.7 Å². The van der Waals surface area contributed by atoms with E-state index in [2.05, 4.69) is 25.5 Å². The Morgan fingerprint density at radius 3 is 2.84 bits per heavy atom. The Balaban J connectivity index is 0.00000289. The van der Waals surface area contributed by atoms with Crippen LogP contribution in [0.2, 0.25) is 0 Å². The number of aromatic amines is 1. The quantitative estimate of drug-likeness (QED) is 0.229. The number of β-lactam (4-membered cyclic amide) rings is 1. The van der Waals surface area contributed by atoms with Gasteiger partial charge in [0.25, 0.3) is 5.91 Å². The van der Waals surface area contributed by atoms with Gasteiger partial charge in [0, 0.05) is 30.8 Å². The van der Waals surface area contributed by atoms with Crippen molar-refractivity contribution in [1.29, 1.82) is 0 Å². The maximum Gasteiger partial charge on any atom is 0.357 e. The minimum Gasteiger partial charge on any atom is -0.428 e. The number of halogens is 1. The van der Waals surface area contributed by atoms with Gasteiger partial charge in [-0.15, -0.1) is 34.4 Å². The fourth-order valence-electron chi connectivity index (χ4n) is 2.99. The molecule has 1 unspecified atom stereocenters. The molecule has 172 valence electrons. The van der Waals surface area contributed by atoms with Gasteiger partial charge in [0.1, 0.15) is 22.1 Å². The predicted molar refractivity (Wildman–Crippen MR) is 121 cm³/mol. The number of H-pyrrole nitrogens is 1. The van der Waals surface area contributed by atoms with Gasteiger partial charge < -0.3 is 19.8 Å². The van der Waals surface area contributed by atoms with Crippen LogP contribution < -0.4 is 5.32 Å². The van der Waals surface area contributed by atoms with Crippen LogP contribution in [0.1, 0.15) is 11.9 Å². The lowest BCUT2D eigenvalue weighted by atomic mass is 10.0. The highest BCUT2D eigenvalue weighted by Crippen LogP contribution is 2.42.